The van der Waals surface area contributed by atoms with Crippen molar-refractivity contribution in [1.29, 1.82) is 0 Å². The van der Waals surface area contributed by atoms with Gasteiger partial charge in [0, 0.05) is 12.2 Å². The number of methoxy groups -OCH3 is 1. The lowest BCUT2D eigenvalue weighted by Gasteiger charge is -2.21. The van der Waals surface area contributed by atoms with E-state index in [1.165, 1.54) is 29.8 Å². The van der Waals surface area contributed by atoms with Crippen molar-refractivity contribution in [1.82, 2.24) is 9.73 Å². The van der Waals surface area contributed by atoms with E-state index in [9.17, 15) is 18.0 Å². The number of ether oxygens (including phenoxy) is 1. The van der Waals surface area contributed by atoms with Crippen molar-refractivity contribution in [3.05, 3.63) is 113 Å². The van der Waals surface area contributed by atoms with Gasteiger partial charge in [-0.25, -0.2) is 13.8 Å². The molecule has 0 saturated carbocycles. The maximum absolute atomic E-state index is 13.5. The Hall–Kier alpha value is -4.45. The number of aryl methyl sites for hydroxylation is 1. The molecule has 0 aliphatic rings. The highest BCUT2D eigenvalue weighted by Crippen LogP contribution is 2.27. The molecule has 0 aliphatic carbocycles. The van der Waals surface area contributed by atoms with Gasteiger partial charge in [0.1, 0.15) is 17.3 Å². The van der Waals surface area contributed by atoms with Gasteiger partial charge in [-0.3, -0.25) is 9.59 Å². The number of nitrogens with one attached hydrogen (secondary N) is 2. The van der Waals surface area contributed by atoms with Crippen LogP contribution < -0.4 is 15.5 Å². The number of halogens is 1. The van der Waals surface area contributed by atoms with Crippen LogP contribution >= 0.6 is 11.6 Å². The van der Waals surface area contributed by atoms with Gasteiger partial charge < -0.3 is 14.5 Å². The van der Waals surface area contributed by atoms with Crippen LogP contribution in [0.1, 0.15) is 22.6 Å². The summed E-state index contributed by atoms with van der Waals surface area (Å²) in [6.45, 7) is 1.97. The summed E-state index contributed by atoms with van der Waals surface area (Å²) in [5.41, 5.74) is 4.18. The van der Waals surface area contributed by atoms with Gasteiger partial charge in [-0.2, -0.15) is 9.41 Å². The Bertz CT molecular complexity index is 1650. The number of carbonyl (C=O) groups excluding carboxylic acids is 2. The smallest absolute Gasteiger partial charge is 0.329 e. The van der Waals surface area contributed by atoms with Crippen molar-refractivity contribution in [2.24, 2.45) is 5.10 Å². The maximum atomic E-state index is 13.5. The Morgan fingerprint density at radius 3 is 2.39 bits per heavy atom. The highest BCUT2D eigenvalue weighted by Gasteiger charge is 2.26. The normalized spacial score (nSPS) is 11.5. The third-order valence-electron chi connectivity index (χ3n) is 5.85. The zero-order valence-electron chi connectivity index (χ0n) is 22.2. The number of furan rings is 1. The summed E-state index contributed by atoms with van der Waals surface area (Å²) in [5, 5.41) is 6.43. The van der Waals surface area contributed by atoms with Crippen LogP contribution in [0.15, 0.2) is 99.3 Å². The summed E-state index contributed by atoms with van der Waals surface area (Å²) < 4.78 is 39.1. The number of hydrogen-bond acceptors (Lipinski definition) is 7. The average molecular weight is 595 g/mol. The van der Waals surface area contributed by atoms with E-state index < -0.39 is 21.8 Å². The molecule has 4 aromatic rings. The number of benzene rings is 3. The standard InChI is InChI=1S/C29H27ClN4O6S/c1-20-8-13-25(14-9-20)41(37,38)34(18-21-6-4-3-5-7-21)19-24-12-11-23(40-24)17-31-33-29(36)28(35)32-22-10-15-27(39-2)26(30)16-22/h3-17H,18-19H2,1-2H3,(H,32,35)(H,33,36)/b31-17+. The monoisotopic (exact) mass is 594 g/mol. The topological polar surface area (TPSA) is 130 Å². The quantitative estimate of drug-likeness (QED) is 0.155. The van der Waals surface area contributed by atoms with Crippen LogP contribution in [-0.4, -0.2) is 37.9 Å². The van der Waals surface area contributed by atoms with Crippen molar-refractivity contribution in [2.75, 3.05) is 12.4 Å². The number of anilines is 1. The summed E-state index contributed by atoms with van der Waals surface area (Å²) >= 11 is 6.03. The molecule has 0 bridgehead atoms. The first kappa shape index (κ1) is 29.5. The highest BCUT2D eigenvalue weighted by molar-refractivity contribution is 7.89. The van der Waals surface area contributed by atoms with Gasteiger partial charge in [0.2, 0.25) is 10.0 Å². The maximum Gasteiger partial charge on any atom is 0.329 e. The fourth-order valence-electron chi connectivity index (χ4n) is 3.73. The average Bonchev–Trinajstić information content (AvgIpc) is 3.40. The Morgan fingerprint density at radius 2 is 1.71 bits per heavy atom. The lowest BCUT2D eigenvalue weighted by molar-refractivity contribution is -0.136. The predicted octanol–water partition coefficient (Wildman–Crippen LogP) is 4.73. The molecule has 3 aromatic carbocycles. The third-order valence-corrected chi connectivity index (χ3v) is 7.95. The van der Waals surface area contributed by atoms with E-state index in [-0.39, 0.29) is 28.8 Å². The van der Waals surface area contributed by atoms with Crippen LogP contribution in [0.5, 0.6) is 5.75 Å². The summed E-state index contributed by atoms with van der Waals surface area (Å²) in [5.74, 6) is -0.944. The number of nitrogens with zero attached hydrogens (tertiary/aromatic N) is 2. The van der Waals surface area contributed by atoms with E-state index in [1.54, 1.807) is 42.5 Å². The predicted molar refractivity (Wildman–Crippen MR) is 155 cm³/mol. The van der Waals surface area contributed by atoms with Gasteiger partial charge in [0.15, 0.2) is 0 Å². The number of rotatable bonds is 10. The molecular weight excluding hydrogens is 568 g/mol. The fraction of sp³-hybridized carbons (Fsp3) is 0.138. The van der Waals surface area contributed by atoms with E-state index in [0.29, 0.717) is 17.2 Å². The summed E-state index contributed by atoms with van der Waals surface area (Å²) in [4.78, 5) is 24.5. The van der Waals surface area contributed by atoms with Crippen LogP contribution in [0.2, 0.25) is 5.02 Å². The molecule has 4 rings (SSSR count). The van der Waals surface area contributed by atoms with Crippen molar-refractivity contribution >= 4 is 45.3 Å². The van der Waals surface area contributed by atoms with Crippen molar-refractivity contribution in [2.45, 2.75) is 24.9 Å². The minimum Gasteiger partial charge on any atom is -0.495 e. The third kappa shape index (κ3) is 7.82. The molecule has 0 fully saturated rings. The van der Waals surface area contributed by atoms with Gasteiger partial charge in [-0.15, -0.1) is 0 Å². The minimum atomic E-state index is -3.85. The molecule has 0 atom stereocenters. The van der Waals surface area contributed by atoms with E-state index >= 15 is 0 Å². The van der Waals surface area contributed by atoms with Crippen LogP contribution in [0.3, 0.4) is 0 Å². The van der Waals surface area contributed by atoms with Crippen molar-refractivity contribution in [3.63, 3.8) is 0 Å². The number of hydrazone groups is 1. The van der Waals surface area contributed by atoms with E-state index in [0.717, 1.165) is 11.1 Å². The second-order valence-electron chi connectivity index (χ2n) is 8.88. The second-order valence-corrected chi connectivity index (χ2v) is 11.2. The molecule has 2 amide bonds. The molecule has 0 radical (unpaired) electrons. The first-order chi connectivity index (χ1) is 19.7. The van der Waals surface area contributed by atoms with Gasteiger partial charge in [0.05, 0.1) is 29.8 Å². The van der Waals surface area contributed by atoms with Gasteiger partial charge in [0.25, 0.3) is 0 Å². The van der Waals surface area contributed by atoms with Crippen molar-refractivity contribution < 1.29 is 27.2 Å². The lowest BCUT2D eigenvalue weighted by atomic mass is 10.2. The van der Waals surface area contributed by atoms with Crippen LogP contribution in [-0.2, 0) is 32.7 Å². The zero-order valence-corrected chi connectivity index (χ0v) is 23.8. The summed E-state index contributed by atoms with van der Waals surface area (Å²) in [6, 6.07) is 23.6. The second kappa shape index (κ2) is 13.3. The lowest BCUT2D eigenvalue weighted by Crippen LogP contribution is -2.32. The molecule has 0 unspecified atom stereocenters. The largest absolute Gasteiger partial charge is 0.495 e. The van der Waals surface area contributed by atoms with Gasteiger partial charge in [-0.1, -0.05) is 59.6 Å². The Kier molecular flexibility index (Phi) is 9.56. The molecule has 0 saturated heterocycles. The molecule has 1 heterocycles. The molecule has 10 nitrogen and oxygen atoms in total. The molecular formula is C29H27ClN4O6S. The molecule has 0 aliphatic heterocycles. The van der Waals surface area contributed by atoms with E-state index in [2.05, 4.69) is 15.8 Å². The van der Waals surface area contributed by atoms with Crippen molar-refractivity contribution in [3.8, 4) is 5.75 Å². The number of amides is 2. The minimum absolute atomic E-state index is 0.0435. The molecule has 1 aromatic heterocycles. The summed E-state index contributed by atoms with van der Waals surface area (Å²) in [6.07, 6.45) is 1.20. The Morgan fingerprint density at radius 1 is 0.976 bits per heavy atom. The Labute approximate surface area is 242 Å². The molecule has 41 heavy (non-hydrogen) atoms. The molecule has 212 valence electrons. The SMILES string of the molecule is COc1ccc(NC(=O)C(=O)N/N=C/c2ccc(CN(Cc3ccccc3)S(=O)(=O)c3ccc(C)cc3)o2)cc1Cl. The number of sulfonamides is 1. The van der Waals surface area contributed by atoms with Crippen LogP contribution in [0.4, 0.5) is 5.69 Å². The van der Waals surface area contributed by atoms with Crippen LogP contribution in [0.25, 0.3) is 0 Å². The van der Waals surface area contributed by atoms with Gasteiger partial charge in [-0.05, 0) is 55.0 Å². The molecule has 0 spiro atoms. The number of carbonyl (C=O) groups is 2. The van der Waals surface area contributed by atoms with Crippen LogP contribution in [0, 0.1) is 6.92 Å². The highest BCUT2D eigenvalue weighted by atomic mass is 35.5. The van der Waals surface area contributed by atoms with Gasteiger partial charge >= 0.3 is 11.8 Å². The molecule has 2 N–H and O–H groups in total. The first-order valence-corrected chi connectivity index (χ1v) is 14.1. The summed E-state index contributed by atoms with van der Waals surface area (Å²) in [7, 11) is -2.39. The zero-order chi connectivity index (χ0) is 29.4. The molecule has 12 heteroatoms. The van der Waals surface area contributed by atoms with E-state index in [4.69, 9.17) is 20.8 Å². The number of hydrogen-bond donors (Lipinski definition) is 2. The fourth-order valence-corrected chi connectivity index (χ4v) is 5.38. The first-order valence-electron chi connectivity index (χ1n) is 12.3. The van der Waals surface area contributed by atoms with E-state index in [1.807, 2.05) is 37.3 Å². The Balaban J connectivity index is 1.41.